The van der Waals surface area contributed by atoms with Gasteiger partial charge in [-0.15, -0.1) is 0 Å². The molecule has 6 rings (SSSR count). The summed E-state index contributed by atoms with van der Waals surface area (Å²) in [4.78, 5) is 88.4. The van der Waals surface area contributed by atoms with Crippen molar-refractivity contribution in [3.63, 3.8) is 0 Å². The average molecular weight is 753 g/mol. The first kappa shape index (κ1) is 38.9. The van der Waals surface area contributed by atoms with Crippen LogP contribution in [-0.2, 0) is 76.2 Å². The van der Waals surface area contributed by atoms with Gasteiger partial charge in [-0.25, -0.2) is 0 Å². The maximum Gasteiger partial charge on any atom is 0.316 e. The largest absolute Gasteiger partial charge is 0.469 e. The monoisotopic (exact) mass is 752 g/mol. The Labute approximate surface area is 305 Å². The Morgan fingerprint density at radius 2 is 1.45 bits per heavy atom. The van der Waals surface area contributed by atoms with Gasteiger partial charge < -0.3 is 47.7 Å². The normalized spacial score (nSPS) is 43.4. The van der Waals surface area contributed by atoms with Crippen LogP contribution < -0.4 is 0 Å². The predicted molar refractivity (Wildman–Crippen MR) is 171 cm³/mol. The summed E-state index contributed by atoms with van der Waals surface area (Å²) < 4.78 is 51.4. The first-order chi connectivity index (χ1) is 24.8. The van der Waals surface area contributed by atoms with Crippen LogP contribution in [0.2, 0.25) is 0 Å². The van der Waals surface area contributed by atoms with Crippen LogP contribution in [0, 0.1) is 34.5 Å². The molecule has 53 heavy (non-hydrogen) atoms. The highest BCUT2D eigenvalue weighted by molar-refractivity contribution is 5.86. The molecular formula is C36H48O17. The van der Waals surface area contributed by atoms with Crippen LogP contribution >= 0.6 is 0 Å². The van der Waals surface area contributed by atoms with E-state index in [0.717, 1.165) is 27.7 Å². The predicted octanol–water partition coefficient (Wildman–Crippen LogP) is 1.07. The second-order valence-corrected chi connectivity index (χ2v) is 15.7. The summed E-state index contributed by atoms with van der Waals surface area (Å²) in [5.74, 6) is -7.03. The van der Waals surface area contributed by atoms with Crippen LogP contribution in [0.25, 0.3) is 0 Å². The molecule has 1 N–H and O–H groups in total. The molecule has 2 saturated heterocycles. The second kappa shape index (κ2) is 13.8. The van der Waals surface area contributed by atoms with Crippen LogP contribution in [0.5, 0.6) is 0 Å². The van der Waals surface area contributed by atoms with Gasteiger partial charge in [0.15, 0.2) is 24.6 Å². The summed E-state index contributed by atoms with van der Waals surface area (Å²) in [7, 11) is 1.27. The zero-order valence-corrected chi connectivity index (χ0v) is 30.9. The van der Waals surface area contributed by atoms with Crippen molar-refractivity contribution in [2.75, 3.05) is 20.3 Å². The fraction of sp³-hybridized carbons (Fsp3) is 0.806. The third-order valence-corrected chi connectivity index (χ3v) is 12.6. The molecule has 17 nitrogen and oxygen atoms in total. The van der Waals surface area contributed by atoms with E-state index in [1.54, 1.807) is 6.92 Å². The number of carbonyl (C=O) groups is 7. The zero-order chi connectivity index (χ0) is 38.8. The quantitative estimate of drug-likeness (QED) is 0.243. The number of ether oxygens (including phenoxy) is 9. The van der Waals surface area contributed by atoms with E-state index >= 15 is 0 Å². The Bertz CT molecular complexity index is 1560. The second-order valence-electron chi connectivity index (χ2n) is 15.7. The molecule has 0 aromatic carbocycles. The van der Waals surface area contributed by atoms with Crippen molar-refractivity contribution < 1.29 is 81.3 Å². The molecule has 6 aliphatic rings. The molecule has 0 aromatic heterocycles. The smallest absolute Gasteiger partial charge is 0.316 e. The van der Waals surface area contributed by atoms with E-state index in [9.17, 15) is 38.7 Å². The molecule has 2 heterocycles. The van der Waals surface area contributed by atoms with E-state index in [2.05, 4.69) is 0 Å². The highest BCUT2D eigenvalue weighted by Crippen LogP contribution is 2.78. The molecule has 1 spiro atoms. The molecule has 0 aromatic rings. The molecular weight excluding hydrogens is 704 g/mol. The van der Waals surface area contributed by atoms with Gasteiger partial charge in [0.25, 0.3) is 0 Å². The highest BCUT2D eigenvalue weighted by atomic mass is 16.7. The highest BCUT2D eigenvalue weighted by Gasteiger charge is 2.85. The van der Waals surface area contributed by atoms with E-state index in [1.807, 2.05) is 0 Å². The minimum Gasteiger partial charge on any atom is -0.469 e. The van der Waals surface area contributed by atoms with E-state index in [1.165, 1.54) is 14.0 Å². The first-order valence-electron chi connectivity index (χ1n) is 18.0. The number of methoxy groups -OCH3 is 1. The molecule has 4 aliphatic carbocycles. The Kier molecular flexibility index (Phi) is 10.1. The molecule has 2 aliphatic heterocycles. The fourth-order valence-electron chi connectivity index (χ4n) is 11.1. The minimum atomic E-state index is -1.59. The maximum absolute atomic E-state index is 13.9. The van der Waals surface area contributed by atoms with Gasteiger partial charge in [-0.05, 0) is 56.8 Å². The molecule has 294 valence electrons. The number of carbonyl (C=O) groups excluding carboxylic acids is 7. The van der Waals surface area contributed by atoms with Crippen molar-refractivity contribution in [1.29, 1.82) is 0 Å². The summed E-state index contributed by atoms with van der Waals surface area (Å²) in [5, 5.41) is 12.5. The van der Waals surface area contributed by atoms with Crippen molar-refractivity contribution in [3.8, 4) is 0 Å². The Balaban J connectivity index is 1.33. The van der Waals surface area contributed by atoms with Gasteiger partial charge in [-0.3, -0.25) is 33.6 Å². The molecule has 17 heteroatoms. The molecule has 4 bridgehead atoms. The summed E-state index contributed by atoms with van der Waals surface area (Å²) in [6.07, 6.45) is -5.76. The van der Waals surface area contributed by atoms with E-state index in [4.69, 9.17) is 42.6 Å². The van der Waals surface area contributed by atoms with E-state index in [-0.39, 0.29) is 12.3 Å². The van der Waals surface area contributed by atoms with Crippen molar-refractivity contribution >= 4 is 41.8 Å². The topological polar surface area (TPSA) is 223 Å². The van der Waals surface area contributed by atoms with Crippen LogP contribution in [-0.4, -0.2) is 115 Å². The van der Waals surface area contributed by atoms with Crippen LogP contribution in [0.3, 0.4) is 0 Å². The van der Waals surface area contributed by atoms with E-state index < -0.39 is 132 Å². The van der Waals surface area contributed by atoms with Crippen molar-refractivity contribution in [2.24, 2.45) is 34.5 Å². The minimum absolute atomic E-state index is 0.0461. The third kappa shape index (κ3) is 6.25. The summed E-state index contributed by atoms with van der Waals surface area (Å²) >= 11 is 0. The van der Waals surface area contributed by atoms with Crippen molar-refractivity contribution in [3.05, 3.63) is 0 Å². The van der Waals surface area contributed by atoms with Gasteiger partial charge in [0.05, 0.1) is 25.2 Å². The fourth-order valence-corrected chi connectivity index (χ4v) is 11.1. The Morgan fingerprint density at radius 3 is 2.06 bits per heavy atom. The lowest BCUT2D eigenvalue weighted by atomic mass is 9.58. The first-order valence-corrected chi connectivity index (χ1v) is 18.0. The number of rotatable bonds is 10. The number of fused-ring (bicyclic) bond motifs is 1. The van der Waals surface area contributed by atoms with Gasteiger partial charge in [-0.1, -0.05) is 0 Å². The Hall–Kier alpha value is -3.83. The van der Waals surface area contributed by atoms with E-state index in [0.29, 0.717) is 32.1 Å². The molecule has 0 unspecified atom stereocenters. The van der Waals surface area contributed by atoms with Crippen LogP contribution in [0.15, 0.2) is 0 Å². The molecule has 0 radical (unpaired) electrons. The average Bonchev–Trinajstić information content (AvgIpc) is 3.50. The van der Waals surface area contributed by atoms with Crippen molar-refractivity contribution in [2.45, 2.75) is 128 Å². The standard InChI is InChI=1S/C36H48O17/c1-16(37)46-13-22-26(49-18(3)39)27(50-19(4)40)28(51-20(5)41)31(52-22)47-15-35(44)14-34-12-21(35)8-9-23(34)36-11-10-24(48-17(2)38)33(6,32(43)53-36)29(36)25(34)30(42)45-7/h21-29,31,44H,8-15H2,1-7H3/t21-,22-,23-,24+,25-,26-,27+,28-,29-,31-,33-,34-,35+,36-/m1/s1. The molecule has 4 saturated carbocycles. The number of aliphatic hydroxyl groups is 1. The van der Waals surface area contributed by atoms with Crippen LogP contribution in [0.4, 0.5) is 0 Å². The Morgan fingerprint density at radius 1 is 0.830 bits per heavy atom. The summed E-state index contributed by atoms with van der Waals surface area (Å²) in [5.41, 5.74) is -4.87. The van der Waals surface area contributed by atoms with Gasteiger partial charge in [0, 0.05) is 46.5 Å². The van der Waals surface area contributed by atoms with Gasteiger partial charge in [0.2, 0.25) is 0 Å². The summed E-state index contributed by atoms with van der Waals surface area (Å²) in [6.45, 7) is 6.58. The lowest BCUT2D eigenvalue weighted by Crippen LogP contribution is -2.63. The lowest BCUT2D eigenvalue weighted by Gasteiger charge is -2.45. The van der Waals surface area contributed by atoms with Crippen molar-refractivity contribution in [1.82, 2.24) is 0 Å². The van der Waals surface area contributed by atoms with Gasteiger partial charge in [0.1, 0.15) is 29.8 Å². The summed E-state index contributed by atoms with van der Waals surface area (Å²) in [6, 6.07) is 0. The molecule has 0 amide bonds. The molecule has 6 fully saturated rings. The number of esters is 7. The maximum atomic E-state index is 13.9. The van der Waals surface area contributed by atoms with Gasteiger partial charge in [-0.2, -0.15) is 0 Å². The SMILES string of the molecule is COC(=O)[C@H]1[C@H]2[C@@]3(CC[C@H](OC(C)=O)[C@@]2(C)C(=O)O3)[C@@H]2CC[C@@H]3C[C@@]21C[C@]3(O)CO[C@@H]1O[C@H](COC(C)=O)[C@@H](OC(C)=O)[C@H](OC(C)=O)[C@H]1OC(C)=O. The molecule has 14 atom stereocenters. The van der Waals surface area contributed by atoms with Gasteiger partial charge >= 0.3 is 41.8 Å². The zero-order valence-electron chi connectivity index (χ0n) is 30.9. The number of hydrogen-bond donors (Lipinski definition) is 1. The third-order valence-electron chi connectivity index (χ3n) is 12.6. The van der Waals surface area contributed by atoms with Crippen LogP contribution in [0.1, 0.15) is 80.1 Å². The number of hydrogen-bond acceptors (Lipinski definition) is 17. The lowest BCUT2D eigenvalue weighted by molar-refractivity contribution is -0.315.